The van der Waals surface area contributed by atoms with Crippen molar-refractivity contribution in [2.45, 2.75) is 32.1 Å². The van der Waals surface area contributed by atoms with E-state index in [2.05, 4.69) is 16.9 Å². The molecule has 20 heavy (non-hydrogen) atoms. The minimum atomic E-state index is -0.290. The molecule has 1 aromatic rings. The Kier molecular flexibility index (Phi) is 4.77. The molecule has 108 valence electrons. The van der Waals surface area contributed by atoms with Gasteiger partial charge in [-0.25, -0.2) is 0 Å². The summed E-state index contributed by atoms with van der Waals surface area (Å²) in [6, 6.07) is 6.32. The van der Waals surface area contributed by atoms with Crippen molar-refractivity contribution in [3.63, 3.8) is 0 Å². The second-order valence-corrected chi connectivity index (χ2v) is 5.27. The molecule has 1 aliphatic carbocycles. The highest BCUT2D eigenvalue weighted by molar-refractivity contribution is 5.79. The summed E-state index contributed by atoms with van der Waals surface area (Å²) in [7, 11) is 3.08. The van der Waals surface area contributed by atoms with Gasteiger partial charge >= 0.3 is 5.97 Å². The maximum absolute atomic E-state index is 12.1. The summed E-state index contributed by atoms with van der Waals surface area (Å²) in [6.45, 7) is 0.399. The SMILES string of the molecule is COC(=O)CCN(C)C(=O)Cc1ccc2c(c1)CCC2. The predicted octanol–water partition coefficient (Wildman–Crippen LogP) is 1.74. The molecular weight excluding hydrogens is 254 g/mol. The molecule has 0 spiro atoms. The van der Waals surface area contributed by atoms with Crippen molar-refractivity contribution in [1.82, 2.24) is 4.90 Å². The van der Waals surface area contributed by atoms with Crippen LogP contribution in [0.2, 0.25) is 0 Å². The zero-order valence-corrected chi connectivity index (χ0v) is 12.1. The average molecular weight is 275 g/mol. The van der Waals surface area contributed by atoms with Gasteiger partial charge in [-0.1, -0.05) is 18.2 Å². The number of amides is 1. The molecule has 2 rings (SSSR count). The van der Waals surface area contributed by atoms with E-state index >= 15 is 0 Å². The van der Waals surface area contributed by atoms with Crippen LogP contribution in [0, 0.1) is 0 Å². The number of hydrogen-bond acceptors (Lipinski definition) is 3. The van der Waals surface area contributed by atoms with Crippen molar-refractivity contribution in [3.05, 3.63) is 34.9 Å². The van der Waals surface area contributed by atoms with Gasteiger partial charge in [-0.2, -0.15) is 0 Å². The Labute approximate surface area is 119 Å². The Bertz CT molecular complexity index is 510. The van der Waals surface area contributed by atoms with Crippen LogP contribution in [0.15, 0.2) is 18.2 Å². The van der Waals surface area contributed by atoms with Crippen LogP contribution >= 0.6 is 0 Å². The molecule has 1 aromatic carbocycles. The van der Waals surface area contributed by atoms with Crippen LogP contribution in [0.1, 0.15) is 29.5 Å². The van der Waals surface area contributed by atoms with Crippen molar-refractivity contribution in [1.29, 1.82) is 0 Å². The van der Waals surface area contributed by atoms with Gasteiger partial charge in [0.2, 0.25) is 5.91 Å². The number of benzene rings is 1. The van der Waals surface area contributed by atoms with Crippen LogP contribution in [0.4, 0.5) is 0 Å². The standard InChI is InChI=1S/C16H21NO3/c1-17(9-8-16(19)20-2)15(18)11-12-6-7-13-4-3-5-14(13)10-12/h6-7,10H,3-5,8-9,11H2,1-2H3. The van der Waals surface area contributed by atoms with Crippen LogP contribution in [0.3, 0.4) is 0 Å². The number of rotatable bonds is 5. The quantitative estimate of drug-likeness (QED) is 0.769. The van der Waals surface area contributed by atoms with Crippen molar-refractivity contribution in [2.75, 3.05) is 20.7 Å². The first kappa shape index (κ1) is 14.6. The fraction of sp³-hybridized carbons (Fsp3) is 0.500. The van der Waals surface area contributed by atoms with Gasteiger partial charge in [0.05, 0.1) is 20.0 Å². The number of hydrogen-bond donors (Lipinski definition) is 0. The molecule has 1 aliphatic rings. The van der Waals surface area contributed by atoms with Gasteiger partial charge in [0.25, 0.3) is 0 Å². The molecule has 0 heterocycles. The van der Waals surface area contributed by atoms with E-state index in [1.807, 2.05) is 6.07 Å². The third-order valence-electron chi connectivity index (χ3n) is 3.82. The Morgan fingerprint density at radius 1 is 1.25 bits per heavy atom. The first-order valence-electron chi connectivity index (χ1n) is 7.01. The van der Waals surface area contributed by atoms with Crippen LogP contribution in [0.5, 0.6) is 0 Å². The summed E-state index contributed by atoms with van der Waals surface area (Å²) in [6.07, 6.45) is 4.12. The van der Waals surface area contributed by atoms with Gasteiger partial charge in [0.1, 0.15) is 0 Å². The second kappa shape index (κ2) is 6.55. The molecule has 4 nitrogen and oxygen atoms in total. The van der Waals surface area contributed by atoms with E-state index < -0.39 is 0 Å². The molecule has 0 N–H and O–H groups in total. The summed E-state index contributed by atoms with van der Waals surface area (Å²) in [5.74, 6) is -0.256. The average Bonchev–Trinajstić information content (AvgIpc) is 2.91. The van der Waals surface area contributed by atoms with Gasteiger partial charge in [-0.15, -0.1) is 0 Å². The van der Waals surface area contributed by atoms with E-state index in [9.17, 15) is 9.59 Å². The highest BCUT2D eigenvalue weighted by Gasteiger charge is 2.14. The van der Waals surface area contributed by atoms with Crippen molar-refractivity contribution >= 4 is 11.9 Å². The first-order chi connectivity index (χ1) is 9.60. The summed E-state index contributed by atoms with van der Waals surface area (Å²) >= 11 is 0. The van der Waals surface area contributed by atoms with E-state index in [0.717, 1.165) is 18.4 Å². The van der Waals surface area contributed by atoms with Gasteiger partial charge in [-0.3, -0.25) is 9.59 Å². The topological polar surface area (TPSA) is 46.6 Å². The Hall–Kier alpha value is -1.84. The van der Waals surface area contributed by atoms with Gasteiger partial charge in [0, 0.05) is 13.6 Å². The number of esters is 1. The fourth-order valence-corrected chi connectivity index (χ4v) is 2.53. The molecule has 0 unspecified atom stereocenters. The number of fused-ring (bicyclic) bond motifs is 1. The molecule has 0 aromatic heterocycles. The number of ether oxygens (including phenoxy) is 1. The largest absolute Gasteiger partial charge is 0.469 e. The van der Waals surface area contributed by atoms with Crippen LogP contribution in [0.25, 0.3) is 0 Å². The van der Waals surface area contributed by atoms with Crippen LogP contribution < -0.4 is 0 Å². The maximum atomic E-state index is 12.1. The normalized spacial score (nSPS) is 12.9. The Morgan fingerprint density at radius 2 is 2.00 bits per heavy atom. The summed E-state index contributed by atoms with van der Waals surface area (Å²) in [5, 5.41) is 0. The van der Waals surface area contributed by atoms with Gasteiger partial charge < -0.3 is 9.64 Å². The molecule has 0 bridgehead atoms. The van der Waals surface area contributed by atoms with Crippen LogP contribution in [-0.2, 0) is 33.6 Å². The lowest BCUT2D eigenvalue weighted by atomic mass is 10.0. The zero-order valence-electron chi connectivity index (χ0n) is 12.1. The van der Waals surface area contributed by atoms with Crippen molar-refractivity contribution < 1.29 is 14.3 Å². The molecular formula is C16H21NO3. The lowest BCUT2D eigenvalue weighted by Gasteiger charge is -2.16. The number of likely N-dealkylation sites (N-methyl/N-ethyl adjacent to an activating group) is 1. The first-order valence-corrected chi connectivity index (χ1v) is 7.01. The van der Waals surface area contributed by atoms with E-state index in [4.69, 9.17) is 0 Å². The molecule has 0 saturated heterocycles. The lowest BCUT2D eigenvalue weighted by molar-refractivity contribution is -0.141. The minimum absolute atomic E-state index is 0.0341. The molecule has 0 atom stereocenters. The molecule has 0 radical (unpaired) electrons. The van der Waals surface area contributed by atoms with E-state index in [0.29, 0.717) is 13.0 Å². The fourth-order valence-electron chi connectivity index (χ4n) is 2.53. The molecule has 0 fully saturated rings. The number of nitrogens with zero attached hydrogens (tertiary/aromatic N) is 1. The Morgan fingerprint density at radius 3 is 2.75 bits per heavy atom. The highest BCUT2D eigenvalue weighted by atomic mass is 16.5. The number of carbonyl (C=O) groups excluding carboxylic acids is 2. The third kappa shape index (κ3) is 3.59. The minimum Gasteiger partial charge on any atom is -0.469 e. The second-order valence-electron chi connectivity index (χ2n) is 5.27. The van der Waals surface area contributed by atoms with Crippen LogP contribution in [-0.4, -0.2) is 37.5 Å². The monoisotopic (exact) mass is 275 g/mol. The highest BCUT2D eigenvalue weighted by Crippen LogP contribution is 2.23. The van der Waals surface area contributed by atoms with Gasteiger partial charge in [0.15, 0.2) is 0 Å². The lowest BCUT2D eigenvalue weighted by Crippen LogP contribution is -2.30. The molecule has 1 amide bonds. The number of aryl methyl sites for hydroxylation is 2. The summed E-state index contributed by atoms with van der Waals surface area (Å²) in [5.41, 5.74) is 3.85. The molecule has 4 heteroatoms. The predicted molar refractivity (Wildman–Crippen MR) is 76.4 cm³/mol. The smallest absolute Gasteiger partial charge is 0.307 e. The van der Waals surface area contributed by atoms with E-state index in [1.54, 1.807) is 11.9 Å². The summed E-state index contributed by atoms with van der Waals surface area (Å²) in [4.78, 5) is 24.7. The number of methoxy groups -OCH3 is 1. The molecule has 0 aliphatic heterocycles. The van der Waals surface area contributed by atoms with E-state index in [1.165, 1.54) is 24.7 Å². The van der Waals surface area contributed by atoms with E-state index in [-0.39, 0.29) is 18.3 Å². The maximum Gasteiger partial charge on any atom is 0.307 e. The van der Waals surface area contributed by atoms with Crippen molar-refractivity contribution in [3.8, 4) is 0 Å². The zero-order chi connectivity index (χ0) is 14.5. The third-order valence-corrected chi connectivity index (χ3v) is 3.82. The summed E-state index contributed by atoms with van der Waals surface area (Å²) < 4.78 is 4.57. The molecule has 0 saturated carbocycles. The van der Waals surface area contributed by atoms with Gasteiger partial charge in [-0.05, 0) is 36.0 Å². The van der Waals surface area contributed by atoms with Crippen molar-refractivity contribution in [2.24, 2.45) is 0 Å². The number of carbonyl (C=O) groups is 2. The Balaban J connectivity index is 1.89.